The van der Waals surface area contributed by atoms with Gasteiger partial charge < -0.3 is 14.2 Å². The van der Waals surface area contributed by atoms with Gasteiger partial charge in [0, 0.05) is 35.2 Å². The molecule has 2 aromatic carbocycles. The molecule has 0 N–H and O–H groups in total. The normalized spacial score (nSPS) is 16.6. The third-order valence-corrected chi connectivity index (χ3v) is 5.90. The Balaban J connectivity index is 1.94. The van der Waals surface area contributed by atoms with Gasteiger partial charge in [0.1, 0.15) is 17.4 Å². The Bertz CT molecular complexity index is 998. The fraction of sp³-hybridized carbons (Fsp3) is 0.350. The average Bonchev–Trinajstić information content (AvgIpc) is 3.05. The smallest absolute Gasteiger partial charge is 0.144 e. The van der Waals surface area contributed by atoms with Crippen molar-refractivity contribution in [2.75, 3.05) is 24.6 Å². The van der Waals surface area contributed by atoms with Gasteiger partial charge in [-0.2, -0.15) is 0 Å². The standard InChI is InChI=1S/C20H20Cl3N3O/c1-3-25(4-2)16-8-7-14(22)17-18(16)26-9-10-27-19(20(26)24-17)13-6-5-12(21)11-15(13)23/h5-8,11,19H,3-4,9-10H2,1-2H3. The number of imidazole rings is 1. The summed E-state index contributed by atoms with van der Waals surface area (Å²) in [6.45, 7) is 7.43. The Kier molecular flexibility index (Phi) is 5.26. The van der Waals surface area contributed by atoms with Gasteiger partial charge in [-0.3, -0.25) is 0 Å². The lowest BCUT2D eigenvalue weighted by atomic mass is 10.1. The molecule has 0 radical (unpaired) electrons. The van der Waals surface area contributed by atoms with Gasteiger partial charge in [-0.15, -0.1) is 0 Å². The number of ether oxygens (including phenoxy) is 1. The minimum Gasteiger partial charge on any atom is -0.370 e. The Morgan fingerprint density at radius 1 is 1.11 bits per heavy atom. The number of hydrogen-bond acceptors (Lipinski definition) is 3. The molecular weight excluding hydrogens is 405 g/mol. The van der Waals surface area contributed by atoms with Crippen LogP contribution in [-0.4, -0.2) is 29.2 Å². The molecule has 4 nitrogen and oxygen atoms in total. The number of fused-ring (bicyclic) bond motifs is 3. The summed E-state index contributed by atoms with van der Waals surface area (Å²) in [6, 6.07) is 9.45. The quantitative estimate of drug-likeness (QED) is 0.517. The van der Waals surface area contributed by atoms with E-state index in [1.165, 1.54) is 0 Å². The van der Waals surface area contributed by atoms with E-state index in [1.54, 1.807) is 6.07 Å². The maximum Gasteiger partial charge on any atom is 0.144 e. The molecule has 0 aliphatic carbocycles. The molecule has 0 amide bonds. The summed E-state index contributed by atoms with van der Waals surface area (Å²) < 4.78 is 8.28. The lowest BCUT2D eigenvalue weighted by Gasteiger charge is -2.27. The Labute approximate surface area is 173 Å². The van der Waals surface area contributed by atoms with Gasteiger partial charge in [0.05, 0.1) is 22.8 Å². The lowest BCUT2D eigenvalue weighted by molar-refractivity contribution is 0.0443. The van der Waals surface area contributed by atoms with Crippen LogP contribution in [0.1, 0.15) is 31.3 Å². The van der Waals surface area contributed by atoms with Crippen LogP contribution in [0.5, 0.6) is 0 Å². The van der Waals surface area contributed by atoms with Crippen molar-refractivity contribution in [1.82, 2.24) is 9.55 Å². The molecule has 2 heterocycles. The molecule has 0 saturated carbocycles. The predicted octanol–water partition coefficient (Wildman–Crippen LogP) is 5.96. The van der Waals surface area contributed by atoms with Crippen molar-refractivity contribution >= 4 is 51.5 Å². The number of nitrogens with zero attached hydrogens (tertiary/aromatic N) is 3. The number of benzene rings is 2. The maximum atomic E-state index is 6.51. The Hall–Kier alpha value is -1.46. The summed E-state index contributed by atoms with van der Waals surface area (Å²) in [5, 5.41) is 1.81. The zero-order valence-electron chi connectivity index (χ0n) is 15.2. The summed E-state index contributed by atoms with van der Waals surface area (Å²) in [4.78, 5) is 7.19. The van der Waals surface area contributed by atoms with Crippen molar-refractivity contribution in [3.8, 4) is 0 Å². The van der Waals surface area contributed by atoms with Gasteiger partial charge in [0.2, 0.25) is 0 Å². The summed E-state index contributed by atoms with van der Waals surface area (Å²) in [6.07, 6.45) is -0.350. The first-order chi connectivity index (χ1) is 13.0. The highest BCUT2D eigenvalue weighted by molar-refractivity contribution is 6.35. The van der Waals surface area contributed by atoms with Crippen LogP contribution in [0.2, 0.25) is 15.1 Å². The SMILES string of the molecule is CCN(CC)c1ccc(Cl)c2nc3n(c12)CCOC3c1ccc(Cl)cc1Cl. The first-order valence-corrected chi connectivity index (χ1v) is 10.2. The third-order valence-electron chi connectivity index (χ3n) is 5.04. The highest BCUT2D eigenvalue weighted by Crippen LogP contribution is 2.40. The molecule has 0 saturated heterocycles. The number of halogens is 3. The monoisotopic (exact) mass is 423 g/mol. The van der Waals surface area contributed by atoms with Crippen LogP contribution in [0.25, 0.3) is 11.0 Å². The van der Waals surface area contributed by atoms with Crippen molar-refractivity contribution in [3.05, 3.63) is 56.8 Å². The van der Waals surface area contributed by atoms with Crippen LogP contribution in [-0.2, 0) is 11.3 Å². The van der Waals surface area contributed by atoms with Crippen molar-refractivity contribution in [3.63, 3.8) is 0 Å². The van der Waals surface area contributed by atoms with Gasteiger partial charge in [0.25, 0.3) is 0 Å². The van der Waals surface area contributed by atoms with Crippen LogP contribution in [0, 0.1) is 0 Å². The Morgan fingerprint density at radius 3 is 2.59 bits per heavy atom. The van der Waals surface area contributed by atoms with Gasteiger partial charge >= 0.3 is 0 Å². The zero-order chi connectivity index (χ0) is 19.1. The second-order valence-electron chi connectivity index (χ2n) is 6.47. The van der Waals surface area contributed by atoms with Crippen LogP contribution >= 0.6 is 34.8 Å². The number of aromatic nitrogens is 2. The summed E-state index contributed by atoms with van der Waals surface area (Å²) in [5.74, 6) is 0.821. The first kappa shape index (κ1) is 18.9. The molecule has 27 heavy (non-hydrogen) atoms. The lowest BCUT2D eigenvalue weighted by Crippen LogP contribution is -2.25. The summed E-state index contributed by atoms with van der Waals surface area (Å²) >= 11 is 19.0. The van der Waals surface area contributed by atoms with Crippen LogP contribution in [0.3, 0.4) is 0 Å². The predicted molar refractivity (Wildman–Crippen MR) is 113 cm³/mol. The molecule has 1 aliphatic rings. The van der Waals surface area contributed by atoms with Crippen molar-refractivity contribution in [2.45, 2.75) is 26.5 Å². The highest BCUT2D eigenvalue weighted by Gasteiger charge is 2.30. The van der Waals surface area contributed by atoms with Crippen molar-refractivity contribution in [1.29, 1.82) is 0 Å². The molecule has 4 rings (SSSR count). The fourth-order valence-electron chi connectivity index (χ4n) is 3.73. The largest absolute Gasteiger partial charge is 0.370 e. The molecule has 1 atom stereocenters. The number of anilines is 1. The van der Waals surface area contributed by atoms with Gasteiger partial charge in [-0.1, -0.05) is 40.9 Å². The third kappa shape index (κ3) is 3.19. The molecule has 0 spiro atoms. The van der Waals surface area contributed by atoms with Crippen LogP contribution in [0.4, 0.5) is 5.69 Å². The molecule has 7 heteroatoms. The van der Waals surface area contributed by atoms with E-state index in [0.29, 0.717) is 21.7 Å². The molecule has 142 valence electrons. The van der Waals surface area contributed by atoms with E-state index in [1.807, 2.05) is 18.2 Å². The molecule has 3 aromatic rings. The van der Waals surface area contributed by atoms with Crippen LogP contribution in [0.15, 0.2) is 30.3 Å². The maximum absolute atomic E-state index is 6.51. The molecule has 1 aromatic heterocycles. The van der Waals surface area contributed by atoms with Gasteiger partial charge in [-0.05, 0) is 38.1 Å². The van der Waals surface area contributed by atoms with E-state index < -0.39 is 0 Å². The van der Waals surface area contributed by atoms with E-state index in [4.69, 9.17) is 44.5 Å². The first-order valence-electron chi connectivity index (χ1n) is 9.05. The number of hydrogen-bond donors (Lipinski definition) is 0. The topological polar surface area (TPSA) is 30.3 Å². The molecular formula is C20H20Cl3N3O. The van der Waals surface area contributed by atoms with Gasteiger partial charge in [0.15, 0.2) is 0 Å². The van der Waals surface area contributed by atoms with E-state index >= 15 is 0 Å². The average molecular weight is 425 g/mol. The van der Waals surface area contributed by atoms with E-state index in [9.17, 15) is 0 Å². The number of rotatable bonds is 4. The molecule has 0 bridgehead atoms. The molecule has 0 fully saturated rings. The summed E-state index contributed by atoms with van der Waals surface area (Å²) in [5.41, 5.74) is 3.86. The van der Waals surface area contributed by atoms with E-state index in [2.05, 4.69) is 29.4 Å². The second-order valence-corrected chi connectivity index (χ2v) is 7.73. The van der Waals surface area contributed by atoms with E-state index in [0.717, 1.165) is 47.7 Å². The second kappa shape index (κ2) is 7.51. The summed E-state index contributed by atoms with van der Waals surface area (Å²) in [7, 11) is 0. The minimum absolute atomic E-state index is 0.350. The molecule has 1 aliphatic heterocycles. The highest BCUT2D eigenvalue weighted by atomic mass is 35.5. The minimum atomic E-state index is -0.350. The fourth-order valence-corrected chi connectivity index (χ4v) is 4.43. The van der Waals surface area contributed by atoms with Crippen molar-refractivity contribution in [2.24, 2.45) is 0 Å². The van der Waals surface area contributed by atoms with E-state index in [-0.39, 0.29) is 6.10 Å². The Morgan fingerprint density at radius 2 is 1.89 bits per heavy atom. The van der Waals surface area contributed by atoms with Gasteiger partial charge in [-0.25, -0.2) is 4.98 Å². The zero-order valence-corrected chi connectivity index (χ0v) is 17.4. The van der Waals surface area contributed by atoms with Crippen molar-refractivity contribution < 1.29 is 4.74 Å². The molecule has 1 unspecified atom stereocenters. The van der Waals surface area contributed by atoms with Crippen LogP contribution < -0.4 is 4.90 Å².